The molecule has 0 spiro atoms. The standard InChI is InChI=1S/C28H35NO2/c30-22-28(20-25-13-6-2-7-14-25)29-21-27(19-24-11-4-1-5-12-24)17-10-18-31-23-26-15-8-3-9-16-26/h1-9,11-16,27-30H,10,17-23H2. The van der Waals surface area contributed by atoms with Crippen LogP contribution in [0.15, 0.2) is 91.0 Å². The van der Waals surface area contributed by atoms with Crippen LogP contribution in [0.2, 0.25) is 0 Å². The van der Waals surface area contributed by atoms with Gasteiger partial charge in [-0.3, -0.25) is 0 Å². The van der Waals surface area contributed by atoms with E-state index in [1.165, 1.54) is 16.7 Å². The Morgan fingerprint density at radius 2 is 1.26 bits per heavy atom. The van der Waals surface area contributed by atoms with E-state index in [1.807, 2.05) is 24.3 Å². The largest absolute Gasteiger partial charge is 0.395 e. The van der Waals surface area contributed by atoms with Crippen LogP contribution in [0.1, 0.15) is 29.5 Å². The lowest BCUT2D eigenvalue weighted by atomic mass is 9.94. The summed E-state index contributed by atoms with van der Waals surface area (Å²) in [6.45, 7) is 2.48. The lowest BCUT2D eigenvalue weighted by molar-refractivity contribution is 0.113. The maximum absolute atomic E-state index is 9.86. The van der Waals surface area contributed by atoms with E-state index in [1.54, 1.807) is 0 Å². The van der Waals surface area contributed by atoms with E-state index < -0.39 is 0 Å². The molecule has 0 aliphatic heterocycles. The van der Waals surface area contributed by atoms with Crippen LogP contribution in [0.5, 0.6) is 0 Å². The van der Waals surface area contributed by atoms with E-state index in [4.69, 9.17) is 4.74 Å². The van der Waals surface area contributed by atoms with Crippen LogP contribution in [0.3, 0.4) is 0 Å². The second kappa shape index (κ2) is 13.8. The minimum absolute atomic E-state index is 0.0787. The molecule has 164 valence electrons. The molecule has 0 saturated carbocycles. The SMILES string of the molecule is OCC(Cc1ccccc1)NCC(CCCOCc1ccccc1)Cc1ccccc1. The summed E-state index contributed by atoms with van der Waals surface area (Å²) in [7, 11) is 0. The third-order valence-corrected chi connectivity index (χ3v) is 5.62. The van der Waals surface area contributed by atoms with Gasteiger partial charge in [-0.05, 0) is 54.8 Å². The maximum Gasteiger partial charge on any atom is 0.0716 e. The smallest absolute Gasteiger partial charge is 0.0716 e. The van der Waals surface area contributed by atoms with Crippen LogP contribution in [-0.4, -0.2) is 30.9 Å². The van der Waals surface area contributed by atoms with Gasteiger partial charge in [0.15, 0.2) is 0 Å². The zero-order valence-corrected chi connectivity index (χ0v) is 18.3. The van der Waals surface area contributed by atoms with Crippen molar-refractivity contribution in [2.75, 3.05) is 19.8 Å². The molecule has 0 amide bonds. The van der Waals surface area contributed by atoms with Crippen molar-refractivity contribution in [1.29, 1.82) is 0 Å². The zero-order chi connectivity index (χ0) is 21.6. The van der Waals surface area contributed by atoms with Crippen molar-refractivity contribution < 1.29 is 9.84 Å². The monoisotopic (exact) mass is 417 g/mol. The van der Waals surface area contributed by atoms with Crippen molar-refractivity contribution in [3.05, 3.63) is 108 Å². The van der Waals surface area contributed by atoms with E-state index in [0.29, 0.717) is 12.5 Å². The highest BCUT2D eigenvalue weighted by molar-refractivity contribution is 5.17. The second-order valence-electron chi connectivity index (χ2n) is 8.21. The van der Waals surface area contributed by atoms with Gasteiger partial charge < -0.3 is 15.2 Å². The van der Waals surface area contributed by atoms with Gasteiger partial charge in [-0.15, -0.1) is 0 Å². The summed E-state index contributed by atoms with van der Waals surface area (Å²) in [4.78, 5) is 0. The van der Waals surface area contributed by atoms with Gasteiger partial charge in [0.2, 0.25) is 0 Å². The molecule has 0 heterocycles. The number of benzene rings is 3. The summed E-state index contributed by atoms with van der Waals surface area (Å²) in [6, 6.07) is 31.5. The van der Waals surface area contributed by atoms with Crippen LogP contribution < -0.4 is 5.32 Å². The fourth-order valence-electron chi connectivity index (χ4n) is 3.90. The number of hydrogen-bond donors (Lipinski definition) is 2. The molecule has 0 radical (unpaired) electrons. The average Bonchev–Trinajstić information content (AvgIpc) is 2.83. The lowest BCUT2D eigenvalue weighted by Crippen LogP contribution is -2.38. The molecule has 3 aromatic carbocycles. The highest BCUT2D eigenvalue weighted by Gasteiger charge is 2.14. The quantitative estimate of drug-likeness (QED) is 0.361. The molecule has 0 bridgehead atoms. The number of aliphatic hydroxyl groups excluding tert-OH is 1. The number of hydrogen-bond acceptors (Lipinski definition) is 3. The van der Waals surface area contributed by atoms with Crippen molar-refractivity contribution in [1.82, 2.24) is 5.32 Å². The average molecular weight is 418 g/mol. The summed E-state index contributed by atoms with van der Waals surface area (Å²) in [5.41, 5.74) is 3.84. The van der Waals surface area contributed by atoms with Crippen LogP contribution in [0.25, 0.3) is 0 Å². The van der Waals surface area contributed by atoms with Gasteiger partial charge in [-0.1, -0.05) is 91.0 Å². The van der Waals surface area contributed by atoms with E-state index in [-0.39, 0.29) is 12.6 Å². The fraction of sp³-hybridized carbons (Fsp3) is 0.357. The predicted molar refractivity (Wildman–Crippen MR) is 128 cm³/mol. The maximum atomic E-state index is 9.86. The molecule has 3 aromatic rings. The first-order chi connectivity index (χ1) is 15.3. The van der Waals surface area contributed by atoms with Crippen LogP contribution >= 0.6 is 0 Å². The summed E-state index contributed by atoms with van der Waals surface area (Å²) in [6.07, 6.45) is 4.01. The third kappa shape index (κ3) is 9.06. The molecule has 0 fully saturated rings. The Balaban J connectivity index is 1.47. The first kappa shape index (κ1) is 23.2. The van der Waals surface area contributed by atoms with Gasteiger partial charge in [0.25, 0.3) is 0 Å². The molecule has 2 unspecified atom stereocenters. The third-order valence-electron chi connectivity index (χ3n) is 5.62. The van der Waals surface area contributed by atoms with Crippen molar-refractivity contribution in [3.63, 3.8) is 0 Å². The normalized spacial score (nSPS) is 13.1. The molecule has 3 rings (SSSR count). The van der Waals surface area contributed by atoms with Crippen molar-refractivity contribution in [2.45, 2.75) is 38.3 Å². The van der Waals surface area contributed by atoms with E-state index in [2.05, 4.69) is 72.0 Å². The van der Waals surface area contributed by atoms with E-state index >= 15 is 0 Å². The second-order valence-corrected chi connectivity index (χ2v) is 8.21. The highest BCUT2D eigenvalue weighted by atomic mass is 16.5. The van der Waals surface area contributed by atoms with Crippen molar-refractivity contribution >= 4 is 0 Å². The van der Waals surface area contributed by atoms with Crippen LogP contribution in [-0.2, 0) is 24.2 Å². The molecule has 0 aliphatic carbocycles. The molecular weight excluding hydrogens is 382 g/mol. The Morgan fingerprint density at radius 3 is 1.84 bits per heavy atom. The molecule has 3 heteroatoms. The molecule has 0 aliphatic rings. The minimum Gasteiger partial charge on any atom is -0.395 e. The molecule has 2 atom stereocenters. The van der Waals surface area contributed by atoms with Crippen molar-refractivity contribution in [2.24, 2.45) is 5.92 Å². The number of rotatable bonds is 14. The number of ether oxygens (including phenoxy) is 1. The van der Waals surface area contributed by atoms with Gasteiger partial charge in [-0.2, -0.15) is 0 Å². The van der Waals surface area contributed by atoms with Crippen molar-refractivity contribution in [3.8, 4) is 0 Å². The highest BCUT2D eigenvalue weighted by Crippen LogP contribution is 2.15. The molecule has 0 aromatic heterocycles. The van der Waals surface area contributed by atoms with Crippen LogP contribution in [0.4, 0.5) is 0 Å². The Hall–Kier alpha value is -2.46. The zero-order valence-electron chi connectivity index (χ0n) is 18.3. The molecule has 2 N–H and O–H groups in total. The van der Waals surface area contributed by atoms with E-state index in [9.17, 15) is 5.11 Å². The molecular formula is C28H35NO2. The van der Waals surface area contributed by atoms with Gasteiger partial charge in [0.05, 0.1) is 13.2 Å². The Kier molecular flexibility index (Phi) is 10.3. The van der Waals surface area contributed by atoms with Gasteiger partial charge >= 0.3 is 0 Å². The van der Waals surface area contributed by atoms with Gasteiger partial charge in [0, 0.05) is 12.6 Å². The summed E-state index contributed by atoms with van der Waals surface area (Å²) in [5.74, 6) is 0.507. The predicted octanol–water partition coefficient (Wildman–Crippen LogP) is 5.04. The molecule has 31 heavy (non-hydrogen) atoms. The Bertz CT molecular complexity index is 823. The first-order valence-electron chi connectivity index (χ1n) is 11.4. The summed E-state index contributed by atoms with van der Waals surface area (Å²) >= 11 is 0. The first-order valence-corrected chi connectivity index (χ1v) is 11.4. The molecule has 0 saturated heterocycles. The summed E-state index contributed by atoms with van der Waals surface area (Å²) in [5, 5.41) is 13.5. The van der Waals surface area contributed by atoms with Gasteiger partial charge in [0.1, 0.15) is 0 Å². The number of aliphatic hydroxyl groups is 1. The van der Waals surface area contributed by atoms with Crippen LogP contribution in [0, 0.1) is 5.92 Å². The lowest BCUT2D eigenvalue weighted by Gasteiger charge is -2.22. The van der Waals surface area contributed by atoms with Gasteiger partial charge in [-0.25, -0.2) is 0 Å². The topological polar surface area (TPSA) is 41.5 Å². The Labute approximate surface area is 187 Å². The fourth-order valence-corrected chi connectivity index (χ4v) is 3.90. The van der Waals surface area contributed by atoms with E-state index in [0.717, 1.165) is 38.8 Å². The Morgan fingerprint density at radius 1 is 0.710 bits per heavy atom. The minimum atomic E-state index is 0.0787. The summed E-state index contributed by atoms with van der Waals surface area (Å²) < 4.78 is 5.89. The number of nitrogens with one attached hydrogen (secondary N) is 1. The molecule has 3 nitrogen and oxygen atoms in total.